The van der Waals surface area contributed by atoms with Crippen molar-refractivity contribution in [1.82, 2.24) is 10.2 Å². The van der Waals surface area contributed by atoms with E-state index in [-0.39, 0.29) is 24.4 Å². The fraction of sp³-hybridized carbons (Fsp3) is 0.500. The molecule has 1 aliphatic rings. The van der Waals surface area contributed by atoms with Crippen LogP contribution in [0.2, 0.25) is 0 Å². The van der Waals surface area contributed by atoms with Crippen molar-refractivity contribution < 1.29 is 4.79 Å². The molecular weight excluding hydrogens is 328 g/mol. The van der Waals surface area contributed by atoms with Crippen molar-refractivity contribution >= 4 is 34.2 Å². The van der Waals surface area contributed by atoms with Crippen LogP contribution in [0.5, 0.6) is 0 Å². The monoisotopic (exact) mass is 346 g/mol. The van der Waals surface area contributed by atoms with Gasteiger partial charge in [-0.05, 0) is 38.5 Å². The van der Waals surface area contributed by atoms with Crippen LogP contribution in [0.3, 0.4) is 0 Å². The van der Waals surface area contributed by atoms with Gasteiger partial charge >= 0.3 is 0 Å². The number of nitrogens with zero attached hydrogens (tertiary/aromatic N) is 1. The smallest absolute Gasteiger partial charge is 0.254 e. The minimum atomic E-state index is 0. The Morgan fingerprint density at radius 2 is 2.11 bits per heavy atom. The molecule has 1 aliphatic heterocycles. The molecule has 0 saturated carbocycles. The average Bonchev–Trinajstić information content (AvgIpc) is 2.35. The molecule has 1 aromatic rings. The van der Waals surface area contributed by atoms with Gasteiger partial charge in [0.2, 0.25) is 0 Å². The van der Waals surface area contributed by atoms with Crippen LogP contribution in [0, 0.1) is 6.92 Å². The van der Waals surface area contributed by atoms with E-state index in [2.05, 4.69) is 35.1 Å². The predicted molar refractivity (Wildman–Crippen MR) is 84.1 cm³/mol. The lowest BCUT2D eigenvalue weighted by atomic mass is 10.0. The second kappa shape index (κ2) is 6.73. The third kappa shape index (κ3) is 3.30. The molecule has 1 saturated heterocycles. The molecule has 19 heavy (non-hydrogen) atoms. The number of piperazine rings is 1. The molecule has 2 atom stereocenters. The van der Waals surface area contributed by atoms with Gasteiger partial charge in [-0.25, -0.2) is 0 Å². The lowest BCUT2D eigenvalue weighted by molar-refractivity contribution is 0.0602. The molecule has 0 spiro atoms. The fourth-order valence-corrected chi connectivity index (χ4v) is 2.70. The van der Waals surface area contributed by atoms with E-state index < -0.39 is 0 Å². The summed E-state index contributed by atoms with van der Waals surface area (Å²) in [6.45, 7) is 7.84. The molecule has 0 aromatic heterocycles. The molecule has 0 bridgehead atoms. The lowest BCUT2D eigenvalue weighted by Gasteiger charge is -2.39. The first-order valence-electron chi connectivity index (χ1n) is 6.32. The Bertz CT molecular complexity index is 467. The van der Waals surface area contributed by atoms with Crippen molar-refractivity contribution in [1.29, 1.82) is 0 Å². The van der Waals surface area contributed by atoms with Crippen molar-refractivity contribution in [3.63, 3.8) is 0 Å². The molecule has 5 heteroatoms. The molecule has 1 heterocycles. The maximum Gasteiger partial charge on any atom is 0.254 e. The van der Waals surface area contributed by atoms with Gasteiger partial charge in [0.05, 0.1) is 0 Å². The molecule has 0 aliphatic carbocycles. The summed E-state index contributed by atoms with van der Waals surface area (Å²) >= 11 is 3.48. The van der Waals surface area contributed by atoms with E-state index in [4.69, 9.17) is 0 Å². The number of amides is 1. The molecule has 1 fully saturated rings. The molecule has 3 nitrogen and oxygen atoms in total. The highest BCUT2D eigenvalue weighted by Gasteiger charge is 2.29. The number of rotatable bonds is 1. The molecule has 1 amide bonds. The zero-order chi connectivity index (χ0) is 13.3. The zero-order valence-electron chi connectivity index (χ0n) is 11.4. The molecule has 0 radical (unpaired) electrons. The van der Waals surface area contributed by atoms with Crippen LogP contribution in [0.25, 0.3) is 0 Å². The standard InChI is InChI=1S/C14H19BrN2O.ClH/c1-9-12(5-4-6-13(9)15)14(18)17-8-7-16-10(2)11(17)3;/h4-6,10-11,16H,7-8H2,1-3H3;1H. The van der Waals surface area contributed by atoms with Crippen LogP contribution >= 0.6 is 28.3 Å². The van der Waals surface area contributed by atoms with Gasteiger partial charge in [-0.1, -0.05) is 22.0 Å². The Morgan fingerprint density at radius 3 is 2.79 bits per heavy atom. The number of nitrogens with one attached hydrogen (secondary N) is 1. The van der Waals surface area contributed by atoms with Crippen LogP contribution in [0.15, 0.2) is 22.7 Å². The van der Waals surface area contributed by atoms with E-state index in [9.17, 15) is 4.79 Å². The highest BCUT2D eigenvalue weighted by Crippen LogP contribution is 2.22. The quantitative estimate of drug-likeness (QED) is 0.847. The van der Waals surface area contributed by atoms with Crippen molar-refractivity contribution in [2.75, 3.05) is 13.1 Å². The van der Waals surface area contributed by atoms with Crippen LogP contribution in [0.4, 0.5) is 0 Å². The molecule has 1 N–H and O–H groups in total. The van der Waals surface area contributed by atoms with Gasteiger partial charge in [0.1, 0.15) is 0 Å². The van der Waals surface area contributed by atoms with Gasteiger partial charge in [0, 0.05) is 35.2 Å². The Morgan fingerprint density at radius 1 is 1.42 bits per heavy atom. The number of hydrogen-bond acceptors (Lipinski definition) is 2. The topological polar surface area (TPSA) is 32.3 Å². The second-order valence-corrected chi connectivity index (χ2v) is 5.75. The van der Waals surface area contributed by atoms with E-state index in [0.717, 1.165) is 28.7 Å². The minimum Gasteiger partial charge on any atom is -0.333 e. The third-order valence-electron chi connectivity index (χ3n) is 3.79. The minimum absolute atomic E-state index is 0. The first-order valence-corrected chi connectivity index (χ1v) is 7.11. The summed E-state index contributed by atoms with van der Waals surface area (Å²) in [5.74, 6) is 0.134. The van der Waals surface area contributed by atoms with E-state index in [1.165, 1.54) is 0 Å². The van der Waals surface area contributed by atoms with Gasteiger partial charge < -0.3 is 10.2 Å². The van der Waals surface area contributed by atoms with Gasteiger partial charge in [-0.3, -0.25) is 4.79 Å². The molecule has 1 aromatic carbocycles. The van der Waals surface area contributed by atoms with E-state index in [0.29, 0.717) is 6.04 Å². The van der Waals surface area contributed by atoms with Crippen LogP contribution in [-0.4, -0.2) is 36.0 Å². The van der Waals surface area contributed by atoms with Crippen LogP contribution < -0.4 is 5.32 Å². The second-order valence-electron chi connectivity index (χ2n) is 4.89. The summed E-state index contributed by atoms with van der Waals surface area (Å²) in [7, 11) is 0. The normalized spacial score (nSPS) is 22.8. The number of carbonyl (C=O) groups excluding carboxylic acids is 1. The predicted octanol–water partition coefficient (Wildman–Crippen LogP) is 3.00. The molecule has 2 unspecified atom stereocenters. The van der Waals surface area contributed by atoms with Gasteiger partial charge in [0.25, 0.3) is 5.91 Å². The number of halogens is 2. The summed E-state index contributed by atoms with van der Waals surface area (Å²) in [6.07, 6.45) is 0. The molecule has 2 rings (SSSR count). The van der Waals surface area contributed by atoms with Crippen molar-refractivity contribution in [3.8, 4) is 0 Å². The Balaban J connectivity index is 0.00000180. The maximum absolute atomic E-state index is 12.6. The summed E-state index contributed by atoms with van der Waals surface area (Å²) < 4.78 is 0.990. The van der Waals surface area contributed by atoms with E-state index in [1.807, 2.05) is 30.0 Å². The highest BCUT2D eigenvalue weighted by atomic mass is 79.9. The third-order valence-corrected chi connectivity index (χ3v) is 4.65. The van der Waals surface area contributed by atoms with Crippen LogP contribution in [-0.2, 0) is 0 Å². The average molecular weight is 348 g/mol. The van der Waals surface area contributed by atoms with Crippen molar-refractivity contribution in [2.24, 2.45) is 0 Å². The highest BCUT2D eigenvalue weighted by molar-refractivity contribution is 9.10. The summed E-state index contributed by atoms with van der Waals surface area (Å²) in [5.41, 5.74) is 1.81. The first-order chi connectivity index (χ1) is 8.52. The Hall–Kier alpha value is -0.580. The SMILES string of the molecule is Cc1c(Br)cccc1C(=O)N1CCNC(C)C1C.Cl. The number of benzene rings is 1. The number of hydrogen-bond donors (Lipinski definition) is 1. The van der Waals surface area contributed by atoms with Crippen molar-refractivity contribution in [2.45, 2.75) is 32.9 Å². The Labute approximate surface area is 129 Å². The van der Waals surface area contributed by atoms with Gasteiger partial charge in [-0.15, -0.1) is 12.4 Å². The first kappa shape index (κ1) is 16.5. The van der Waals surface area contributed by atoms with Gasteiger partial charge in [-0.2, -0.15) is 0 Å². The van der Waals surface area contributed by atoms with Crippen molar-refractivity contribution in [3.05, 3.63) is 33.8 Å². The Kier molecular flexibility index (Phi) is 5.83. The lowest BCUT2D eigenvalue weighted by Crippen LogP contribution is -2.57. The van der Waals surface area contributed by atoms with Gasteiger partial charge in [0.15, 0.2) is 0 Å². The van der Waals surface area contributed by atoms with Crippen LogP contribution in [0.1, 0.15) is 29.8 Å². The summed E-state index contributed by atoms with van der Waals surface area (Å²) in [5, 5.41) is 3.39. The summed E-state index contributed by atoms with van der Waals surface area (Å²) in [4.78, 5) is 14.6. The van der Waals surface area contributed by atoms with E-state index in [1.54, 1.807) is 0 Å². The molecular formula is C14H20BrClN2O. The van der Waals surface area contributed by atoms with E-state index >= 15 is 0 Å². The summed E-state index contributed by atoms with van der Waals surface area (Å²) in [6, 6.07) is 6.36. The molecule has 106 valence electrons. The number of carbonyl (C=O) groups is 1. The largest absolute Gasteiger partial charge is 0.333 e. The zero-order valence-corrected chi connectivity index (χ0v) is 13.8. The fourth-order valence-electron chi connectivity index (χ4n) is 2.34. The maximum atomic E-state index is 12.6.